The topological polar surface area (TPSA) is 22.4 Å². The van der Waals surface area contributed by atoms with Crippen LogP contribution in [-0.4, -0.2) is 6.36 Å². The average molecular weight is 201 g/mol. The van der Waals surface area contributed by atoms with Crippen molar-refractivity contribution in [3.63, 3.8) is 0 Å². The molecule has 0 saturated carbocycles. The predicted molar refractivity (Wildman–Crippen MR) is 41.7 cm³/mol. The van der Waals surface area contributed by atoms with Gasteiger partial charge in [0.1, 0.15) is 5.75 Å². The van der Waals surface area contributed by atoms with Crippen LogP contribution in [0.5, 0.6) is 5.75 Å². The Kier molecular flexibility index (Phi) is 1.87. The number of hydrogen-bond acceptors (Lipinski definition) is 2. The summed E-state index contributed by atoms with van der Waals surface area (Å²) in [5.41, 5.74) is 0. The van der Waals surface area contributed by atoms with Crippen molar-refractivity contribution >= 4 is 10.8 Å². The van der Waals surface area contributed by atoms with Gasteiger partial charge in [-0.15, -0.1) is 13.2 Å². The number of halogens is 3. The van der Waals surface area contributed by atoms with Crippen molar-refractivity contribution in [2.24, 2.45) is 0 Å². The van der Waals surface area contributed by atoms with Crippen molar-refractivity contribution in [2.45, 2.75) is 6.36 Å². The minimum Gasteiger partial charge on any atom is -0.460 e. The van der Waals surface area contributed by atoms with Gasteiger partial charge in [0.2, 0.25) is 0 Å². The lowest BCUT2D eigenvalue weighted by molar-refractivity contribution is -0.274. The Balaban J connectivity index is 2.35. The third kappa shape index (κ3) is 1.81. The second kappa shape index (κ2) is 2.94. The maximum Gasteiger partial charge on any atom is 0.573 e. The SMILES string of the molecule is FC(F)(F)Oc1ccc2co[c]c2c1. The highest BCUT2D eigenvalue weighted by Gasteiger charge is 2.31. The average Bonchev–Trinajstić information content (AvgIpc) is 2.47. The molecule has 1 radical (unpaired) electrons. The molecule has 1 aromatic carbocycles. The van der Waals surface area contributed by atoms with E-state index in [2.05, 4.69) is 15.4 Å². The Hall–Kier alpha value is -1.65. The molecule has 2 aromatic rings. The number of benzene rings is 1. The van der Waals surface area contributed by atoms with Gasteiger partial charge in [-0.2, -0.15) is 0 Å². The fourth-order valence-electron chi connectivity index (χ4n) is 1.08. The zero-order valence-corrected chi connectivity index (χ0v) is 6.76. The first-order valence-corrected chi connectivity index (χ1v) is 3.69. The van der Waals surface area contributed by atoms with Gasteiger partial charge in [-0.3, -0.25) is 0 Å². The maximum atomic E-state index is 11.8. The summed E-state index contributed by atoms with van der Waals surface area (Å²) in [4.78, 5) is 0. The molecule has 0 spiro atoms. The fraction of sp³-hybridized carbons (Fsp3) is 0.111. The summed E-state index contributed by atoms with van der Waals surface area (Å²) in [6.07, 6.45) is -0.850. The van der Waals surface area contributed by atoms with Crippen molar-refractivity contribution < 1.29 is 22.3 Å². The van der Waals surface area contributed by atoms with Crippen LogP contribution in [0.1, 0.15) is 0 Å². The maximum absolute atomic E-state index is 11.8. The van der Waals surface area contributed by atoms with Crippen LogP contribution in [0.4, 0.5) is 13.2 Å². The van der Waals surface area contributed by atoms with Crippen LogP contribution in [0.2, 0.25) is 0 Å². The molecule has 0 amide bonds. The first-order chi connectivity index (χ1) is 6.54. The van der Waals surface area contributed by atoms with E-state index in [9.17, 15) is 13.2 Å². The van der Waals surface area contributed by atoms with Crippen LogP contribution in [0.3, 0.4) is 0 Å². The Labute approximate surface area is 76.9 Å². The van der Waals surface area contributed by atoms with Gasteiger partial charge in [-0.1, -0.05) is 0 Å². The second-order valence-electron chi connectivity index (χ2n) is 2.63. The standard InChI is InChI=1S/C9H4F3O2/c10-9(11,12)14-8-2-1-6-4-13-5-7(6)3-8/h1-4H. The number of furan rings is 1. The second-order valence-corrected chi connectivity index (χ2v) is 2.63. The van der Waals surface area contributed by atoms with E-state index in [4.69, 9.17) is 0 Å². The molecule has 5 heteroatoms. The molecule has 0 aliphatic rings. The van der Waals surface area contributed by atoms with Crippen LogP contribution < -0.4 is 4.74 Å². The van der Waals surface area contributed by atoms with Crippen molar-refractivity contribution in [3.05, 3.63) is 30.7 Å². The fourth-order valence-corrected chi connectivity index (χ4v) is 1.08. The van der Waals surface area contributed by atoms with Crippen molar-refractivity contribution in [3.8, 4) is 5.75 Å². The summed E-state index contributed by atoms with van der Waals surface area (Å²) in [5, 5.41) is 1.13. The number of alkyl halides is 3. The van der Waals surface area contributed by atoms with E-state index in [1.165, 1.54) is 24.5 Å². The largest absolute Gasteiger partial charge is 0.573 e. The van der Waals surface area contributed by atoms with E-state index >= 15 is 0 Å². The number of fused-ring (bicyclic) bond motifs is 1. The Morgan fingerprint density at radius 1 is 1.29 bits per heavy atom. The van der Waals surface area contributed by atoms with E-state index in [1.807, 2.05) is 0 Å². The molecular formula is C9H4F3O2. The van der Waals surface area contributed by atoms with Gasteiger partial charge in [0, 0.05) is 10.8 Å². The van der Waals surface area contributed by atoms with E-state index in [0.717, 1.165) is 0 Å². The lowest BCUT2D eigenvalue weighted by atomic mass is 10.2. The van der Waals surface area contributed by atoms with Crippen LogP contribution in [0.15, 0.2) is 28.9 Å². The predicted octanol–water partition coefficient (Wildman–Crippen LogP) is 3.13. The Morgan fingerprint density at radius 2 is 2.07 bits per heavy atom. The van der Waals surface area contributed by atoms with Crippen LogP contribution in [-0.2, 0) is 0 Å². The highest BCUT2D eigenvalue weighted by molar-refractivity contribution is 5.81. The quantitative estimate of drug-likeness (QED) is 0.707. The summed E-state index contributed by atoms with van der Waals surface area (Å²) in [6, 6.07) is 3.90. The third-order valence-electron chi connectivity index (χ3n) is 1.61. The Morgan fingerprint density at radius 3 is 2.79 bits per heavy atom. The summed E-state index contributed by atoms with van der Waals surface area (Å²) < 4.78 is 43.8. The number of ether oxygens (including phenoxy) is 1. The van der Waals surface area contributed by atoms with Gasteiger partial charge in [-0.25, -0.2) is 0 Å². The van der Waals surface area contributed by atoms with Crippen molar-refractivity contribution in [2.75, 3.05) is 0 Å². The highest BCUT2D eigenvalue weighted by atomic mass is 19.4. The van der Waals surface area contributed by atoms with Gasteiger partial charge in [0.15, 0.2) is 6.26 Å². The van der Waals surface area contributed by atoms with E-state index in [0.29, 0.717) is 10.8 Å². The normalized spacial score (nSPS) is 11.9. The zero-order chi connectivity index (χ0) is 10.2. The van der Waals surface area contributed by atoms with Crippen LogP contribution in [0.25, 0.3) is 10.8 Å². The zero-order valence-electron chi connectivity index (χ0n) is 6.76. The summed E-state index contributed by atoms with van der Waals surface area (Å²) in [5.74, 6) is -0.275. The molecule has 1 aromatic heterocycles. The summed E-state index contributed by atoms with van der Waals surface area (Å²) in [7, 11) is 0. The molecule has 0 fully saturated rings. The molecule has 0 aliphatic heterocycles. The smallest absolute Gasteiger partial charge is 0.460 e. The monoisotopic (exact) mass is 201 g/mol. The number of hydrogen-bond donors (Lipinski definition) is 0. The molecule has 14 heavy (non-hydrogen) atoms. The van der Waals surface area contributed by atoms with Crippen molar-refractivity contribution in [1.82, 2.24) is 0 Å². The first kappa shape index (κ1) is 8.93. The highest BCUT2D eigenvalue weighted by Crippen LogP contribution is 2.26. The van der Waals surface area contributed by atoms with Gasteiger partial charge < -0.3 is 9.15 Å². The molecule has 0 unspecified atom stereocenters. The van der Waals surface area contributed by atoms with Crippen LogP contribution >= 0.6 is 0 Å². The molecule has 0 saturated heterocycles. The molecule has 0 atom stereocenters. The number of rotatable bonds is 1. The van der Waals surface area contributed by atoms with Gasteiger partial charge >= 0.3 is 6.36 Å². The van der Waals surface area contributed by atoms with Gasteiger partial charge in [0.05, 0.1) is 6.26 Å². The molecule has 1 heterocycles. The van der Waals surface area contributed by atoms with Crippen LogP contribution in [0, 0.1) is 6.26 Å². The van der Waals surface area contributed by atoms with Crippen molar-refractivity contribution in [1.29, 1.82) is 0 Å². The van der Waals surface area contributed by atoms with E-state index in [-0.39, 0.29) is 5.75 Å². The molecule has 0 bridgehead atoms. The Bertz CT molecular complexity index is 444. The van der Waals surface area contributed by atoms with Gasteiger partial charge in [-0.05, 0) is 18.2 Å². The first-order valence-electron chi connectivity index (χ1n) is 3.69. The molecule has 2 nitrogen and oxygen atoms in total. The minimum absolute atomic E-state index is 0.275. The summed E-state index contributed by atoms with van der Waals surface area (Å²) >= 11 is 0. The molecule has 73 valence electrons. The summed E-state index contributed by atoms with van der Waals surface area (Å²) in [6.45, 7) is 0. The van der Waals surface area contributed by atoms with E-state index < -0.39 is 6.36 Å². The molecule has 2 rings (SSSR count). The lowest BCUT2D eigenvalue weighted by Gasteiger charge is -2.07. The molecular weight excluding hydrogens is 197 g/mol. The minimum atomic E-state index is -4.67. The van der Waals surface area contributed by atoms with Gasteiger partial charge in [0.25, 0.3) is 0 Å². The molecule has 0 N–H and O–H groups in total. The molecule has 0 aliphatic carbocycles. The third-order valence-corrected chi connectivity index (χ3v) is 1.61. The lowest BCUT2D eigenvalue weighted by Crippen LogP contribution is -2.16. The van der Waals surface area contributed by atoms with E-state index in [1.54, 1.807) is 0 Å².